The van der Waals surface area contributed by atoms with Crippen LogP contribution in [0.5, 0.6) is 0 Å². The second-order valence-corrected chi connectivity index (χ2v) is 2.78. The maximum atomic E-state index is 10.6. The smallest absolute Gasteiger partial charge is 0.261 e. The second-order valence-electron chi connectivity index (χ2n) is 1.75. The van der Waals surface area contributed by atoms with Crippen molar-refractivity contribution < 1.29 is 10.0 Å². The number of hydrogen-bond acceptors (Lipinski definition) is 4. The molecular weight excluding hydrogens is 140 g/mol. The minimum Gasteiger partial charge on any atom is -0.296 e. The molecule has 0 saturated carbocycles. The van der Waals surface area contributed by atoms with Crippen LogP contribution in [-0.2, 0) is 4.79 Å². The Balaban J connectivity index is 2.32. The molecule has 52 valence electrons. The molecular formula is C4H8N2O2S. The van der Waals surface area contributed by atoms with Crippen molar-refractivity contribution in [2.24, 2.45) is 0 Å². The third-order valence-electron chi connectivity index (χ3n) is 1.14. The highest BCUT2D eigenvalue weighted by Crippen LogP contribution is 2.08. The maximum Gasteiger partial charge on any atom is 0.261 e. The van der Waals surface area contributed by atoms with E-state index in [4.69, 9.17) is 5.21 Å². The van der Waals surface area contributed by atoms with Gasteiger partial charge >= 0.3 is 0 Å². The molecule has 0 spiro atoms. The zero-order valence-corrected chi connectivity index (χ0v) is 5.57. The molecule has 0 radical (unpaired) electrons. The summed E-state index contributed by atoms with van der Waals surface area (Å²) in [4.78, 5) is 10.6. The Morgan fingerprint density at radius 3 is 3.11 bits per heavy atom. The molecule has 1 amide bonds. The largest absolute Gasteiger partial charge is 0.296 e. The molecule has 1 rings (SSSR count). The number of thioether (sulfide) groups is 1. The van der Waals surface area contributed by atoms with Crippen LogP contribution in [0.4, 0.5) is 0 Å². The Labute approximate surface area is 57.0 Å². The van der Waals surface area contributed by atoms with E-state index in [-0.39, 0.29) is 11.9 Å². The number of rotatable bonds is 1. The van der Waals surface area contributed by atoms with Crippen molar-refractivity contribution in [3.05, 3.63) is 0 Å². The Hall–Kier alpha value is -0.260. The van der Waals surface area contributed by atoms with Crippen molar-refractivity contribution in [2.45, 2.75) is 6.04 Å². The van der Waals surface area contributed by atoms with E-state index in [1.54, 1.807) is 17.2 Å². The standard InChI is InChI=1S/C4H8N2O2S/c7-4(6-8)3-1-9-2-5-3/h3,5,8H,1-2H2,(H,6,7)/t3-/m1/s1. The van der Waals surface area contributed by atoms with Crippen LogP contribution in [0.15, 0.2) is 0 Å². The molecule has 0 bridgehead atoms. The normalized spacial score (nSPS) is 26.1. The Morgan fingerprint density at radius 2 is 2.67 bits per heavy atom. The second kappa shape index (κ2) is 3.05. The van der Waals surface area contributed by atoms with Gasteiger partial charge in [0.15, 0.2) is 0 Å². The van der Waals surface area contributed by atoms with Crippen LogP contribution in [0.25, 0.3) is 0 Å². The molecule has 1 fully saturated rings. The van der Waals surface area contributed by atoms with Gasteiger partial charge in [-0.15, -0.1) is 11.8 Å². The first kappa shape index (κ1) is 6.85. The minimum absolute atomic E-state index is 0.208. The summed E-state index contributed by atoms with van der Waals surface area (Å²) in [5.41, 5.74) is 1.59. The lowest BCUT2D eigenvalue weighted by Crippen LogP contribution is -2.40. The molecule has 3 N–H and O–H groups in total. The topological polar surface area (TPSA) is 61.4 Å². The molecule has 0 unspecified atom stereocenters. The minimum atomic E-state index is -0.347. The van der Waals surface area contributed by atoms with Gasteiger partial charge in [0.25, 0.3) is 5.91 Å². The summed E-state index contributed by atoms with van der Waals surface area (Å²) in [7, 11) is 0. The van der Waals surface area contributed by atoms with Crippen LogP contribution in [0.3, 0.4) is 0 Å². The van der Waals surface area contributed by atoms with Crippen molar-refractivity contribution in [2.75, 3.05) is 11.6 Å². The lowest BCUT2D eigenvalue weighted by molar-refractivity contribution is -0.130. The average Bonchev–Trinajstić information content (AvgIpc) is 2.37. The zero-order valence-electron chi connectivity index (χ0n) is 4.76. The van der Waals surface area contributed by atoms with Gasteiger partial charge in [-0.05, 0) is 0 Å². The van der Waals surface area contributed by atoms with E-state index in [9.17, 15) is 4.79 Å². The molecule has 1 aliphatic heterocycles. The molecule has 0 aromatic heterocycles. The number of nitrogens with one attached hydrogen (secondary N) is 2. The molecule has 9 heavy (non-hydrogen) atoms. The summed E-state index contributed by atoms with van der Waals surface area (Å²) in [6, 6.07) is -0.208. The summed E-state index contributed by atoms with van der Waals surface area (Å²) in [6.45, 7) is 0. The van der Waals surface area contributed by atoms with Gasteiger partial charge in [-0.25, -0.2) is 5.48 Å². The van der Waals surface area contributed by atoms with Crippen molar-refractivity contribution >= 4 is 17.7 Å². The Kier molecular flexibility index (Phi) is 2.32. The van der Waals surface area contributed by atoms with Crippen LogP contribution >= 0.6 is 11.8 Å². The van der Waals surface area contributed by atoms with Gasteiger partial charge in [-0.3, -0.25) is 15.3 Å². The molecule has 0 aliphatic carbocycles. The lowest BCUT2D eigenvalue weighted by Gasteiger charge is -2.03. The summed E-state index contributed by atoms with van der Waals surface area (Å²) >= 11 is 1.64. The van der Waals surface area contributed by atoms with Crippen molar-refractivity contribution in [3.63, 3.8) is 0 Å². The van der Waals surface area contributed by atoms with E-state index < -0.39 is 0 Å². The first-order chi connectivity index (χ1) is 4.34. The fourth-order valence-corrected chi connectivity index (χ4v) is 1.58. The number of carbonyl (C=O) groups is 1. The van der Waals surface area contributed by atoms with E-state index in [0.717, 1.165) is 11.6 Å². The summed E-state index contributed by atoms with van der Waals surface area (Å²) in [6.07, 6.45) is 0. The molecule has 0 aromatic carbocycles. The Morgan fingerprint density at radius 1 is 1.89 bits per heavy atom. The van der Waals surface area contributed by atoms with Crippen LogP contribution in [0.1, 0.15) is 0 Å². The van der Waals surface area contributed by atoms with Crippen LogP contribution in [-0.4, -0.2) is 28.8 Å². The van der Waals surface area contributed by atoms with E-state index in [1.165, 1.54) is 0 Å². The van der Waals surface area contributed by atoms with E-state index in [0.29, 0.717) is 0 Å². The van der Waals surface area contributed by atoms with Crippen molar-refractivity contribution in [1.82, 2.24) is 10.8 Å². The lowest BCUT2D eigenvalue weighted by atomic mass is 10.3. The Bertz CT molecular complexity index is 113. The molecule has 1 heterocycles. The number of hydroxylamine groups is 1. The fourth-order valence-electron chi connectivity index (χ4n) is 0.642. The van der Waals surface area contributed by atoms with E-state index in [2.05, 4.69) is 5.32 Å². The maximum absolute atomic E-state index is 10.6. The van der Waals surface area contributed by atoms with E-state index in [1.807, 2.05) is 0 Å². The number of carbonyl (C=O) groups excluding carboxylic acids is 1. The quantitative estimate of drug-likeness (QED) is 0.335. The highest BCUT2D eigenvalue weighted by atomic mass is 32.2. The third-order valence-corrected chi connectivity index (χ3v) is 2.08. The SMILES string of the molecule is O=C(NO)[C@H]1CSCN1. The molecule has 1 saturated heterocycles. The highest BCUT2D eigenvalue weighted by molar-refractivity contribution is 7.99. The van der Waals surface area contributed by atoms with Gasteiger partial charge in [0.05, 0.1) is 6.04 Å². The average molecular weight is 148 g/mol. The van der Waals surface area contributed by atoms with Gasteiger partial charge in [0.2, 0.25) is 0 Å². The van der Waals surface area contributed by atoms with Crippen LogP contribution in [0.2, 0.25) is 0 Å². The first-order valence-corrected chi connectivity index (χ1v) is 3.75. The summed E-state index contributed by atoms with van der Waals surface area (Å²) in [5, 5.41) is 11.0. The van der Waals surface area contributed by atoms with Crippen LogP contribution < -0.4 is 10.8 Å². The zero-order chi connectivity index (χ0) is 6.69. The first-order valence-electron chi connectivity index (χ1n) is 2.59. The number of amides is 1. The van der Waals surface area contributed by atoms with Gasteiger partial charge in [-0.1, -0.05) is 0 Å². The predicted molar refractivity (Wildman–Crippen MR) is 34.2 cm³/mol. The summed E-state index contributed by atoms with van der Waals surface area (Å²) in [5.74, 6) is 1.19. The van der Waals surface area contributed by atoms with Crippen LogP contribution in [0, 0.1) is 0 Å². The molecule has 1 atom stereocenters. The fraction of sp³-hybridized carbons (Fsp3) is 0.750. The molecule has 1 aliphatic rings. The van der Waals surface area contributed by atoms with Gasteiger partial charge in [-0.2, -0.15) is 0 Å². The van der Waals surface area contributed by atoms with E-state index >= 15 is 0 Å². The van der Waals surface area contributed by atoms with Gasteiger partial charge in [0, 0.05) is 11.6 Å². The third kappa shape index (κ3) is 1.57. The number of hydrogen-bond donors (Lipinski definition) is 3. The van der Waals surface area contributed by atoms with Crippen molar-refractivity contribution in [1.29, 1.82) is 0 Å². The monoisotopic (exact) mass is 148 g/mol. The molecule has 0 aromatic rings. The highest BCUT2D eigenvalue weighted by Gasteiger charge is 2.21. The molecule has 4 nitrogen and oxygen atoms in total. The van der Waals surface area contributed by atoms with Gasteiger partial charge < -0.3 is 0 Å². The van der Waals surface area contributed by atoms with Gasteiger partial charge in [0.1, 0.15) is 0 Å². The van der Waals surface area contributed by atoms with Crippen molar-refractivity contribution in [3.8, 4) is 0 Å². The summed E-state index contributed by atoms with van der Waals surface area (Å²) < 4.78 is 0. The predicted octanol–water partition coefficient (Wildman–Crippen LogP) is -0.846. The molecule has 5 heteroatoms.